The minimum absolute atomic E-state index is 0.276. The highest BCUT2D eigenvalue weighted by Crippen LogP contribution is 2.28. The number of pyridine rings is 1. The van der Waals surface area contributed by atoms with Gasteiger partial charge in [0.25, 0.3) is 0 Å². The SMILES string of the molecule is Cc1nccc2ccc3cc(C(=O)OCc4ccccc4)ccc3c12. The number of rotatable bonds is 3. The largest absolute Gasteiger partial charge is 0.457 e. The van der Waals surface area contributed by atoms with Crippen LogP contribution in [0.2, 0.25) is 0 Å². The van der Waals surface area contributed by atoms with Gasteiger partial charge in [0.15, 0.2) is 0 Å². The maximum Gasteiger partial charge on any atom is 0.338 e. The fourth-order valence-electron chi connectivity index (χ4n) is 3.12. The summed E-state index contributed by atoms with van der Waals surface area (Å²) >= 11 is 0. The molecule has 0 aliphatic heterocycles. The minimum atomic E-state index is -0.311. The molecule has 0 saturated heterocycles. The Morgan fingerprint density at radius 3 is 2.60 bits per heavy atom. The zero-order chi connectivity index (χ0) is 17.2. The van der Waals surface area contributed by atoms with E-state index in [0.29, 0.717) is 5.56 Å². The van der Waals surface area contributed by atoms with Crippen LogP contribution in [0.5, 0.6) is 0 Å². The average Bonchev–Trinajstić information content (AvgIpc) is 2.66. The molecule has 1 aromatic heterocycles. The van der Waals surface area contributed by atoms with Crippen LogP contribution in [0.1, 0.15) is 21.6 Å². The Bertz CT molecular complexity index is 1070. The van der Waals surface area contributed by atoms with Crippen LogP contribution in [0.3, 0.4) is 0 Å². The summed E-state index contributed by atoms with van der Waals surface area (Å²) in [5, 5.41) is 4.39. The van der Waals surface area contributed by atoms with Gasteiger partial charge in [-0.15, -0.1) is 0 Å². The summed E-state index contributed by atoms with van der Waals surface area (Å²) < 4.78 is 5.42. The van der Waals surface area contributed by atoms with E-state index in [-0.39, 0.29) is 12.6 Å². The topological polar surface area (TPSA) is 39.2 Å². The van der Waals surface area contributed by atoms with Gasteiger partial charge < -0.3 is 4.74 Å². The Labute approximate surface area is 145 Å². The van der Waals surface area contributed by atoms with Gasteiger partial charge in [0.1, 0.15) is 6.61 Å². The number of esters is 1. The number of hydrogen-bond acceptors (Lipinski definition) is 3. The van der Waals surface area contributed by atoms with Crippen molar-refractivity contribution in [1.29, 1.82) is 0 Å². The Morgan fingerprint density at radius 2 is 1.76 bits per heavy atom. The third-order valence-corrected chi connectivity index (χ3v) is 4.38. The highest BCUT2D eigenvalue weighted by molar-refractivity contribution is 6.10. The first-order valence-corrected chi connectivity index (χ1v) is 8.21. The van der Waals surface area contributed by atoms with Gasteiger partial charge in [0, 0.05) is 17.3 Å². The predicted molar refractivity (Wildman–Crippen MR) is 99.5 cm³/mol. The van der Waals surface area contributed by atoms with Crippen LogP contribution in [0, 0.1) is 6.92 Å². The number of carbonyl (C=O) groups is 1. The van der Waals surface area contributed by atoms with Crippen molar-refractivity contribution in [3.63, 3.8) is 0 Å². The Kier molecular flexibility index (Phi) is 3.90. The zero-order valence-electron chi connectivity index (χ0n) is 13.9. The monoisotopic (exact) mass is 327 g/mol. The smallest absolute Gasteiger partial charge is 0.338 e. The Balaban J connectivity index is 1.66. The summed E-state index contributed by atoms with van der Waals surface area (Å²) in [4.78, 5) is 16.7. The van der Waals surface area contributed by atoms with Crippen molar-refractivity contribution < 1.29 is 9.53 Å². The summed E-state index contributed by atoms with van der Waals surface area (Å²) in [6, 6.07) is 21.5. The van der Waals surface area contributed by atoms with Crippen LogP contribution < -0.4 is 0 Å². The first-order chi connectivity index (χ1) is 12.2. The molecule has 3 heteroatoms. The fraction of sp³-hybridized carbons (Fsp3) is 0.0909. The molecule has 0 aliphatic carbocycles. The van der Waals surface area contributed by atoms with Gasteiger partial charge in [-0.3, -0.25) is 4.98 Å². The number of aryl methyl sites for hydroxylation is 1. The third-order valence-electron chi connectivity index (χ3n) is 4.38. The third kappa shape index (κ3) is 2.96. The van der Waals surface area contributed by atoms with E-state index < -0.39 is 0 Å². The number of nitrogens with zero attached hydrogens (tertiary/aromatic N) is 1. The molecule has 0 amide bonds. The number of aromatic nitrogens is 1. The van der Waals surface area contributed by atoms with Gasteiger partial charge in [0.2, 0.25) is 0 Å². The molecule has 0 spiro atoms. The summed E-state index contributed by atoms with van der Waals surface area (Å²) in [5.74, 6) is -0.311. The fourth-order valence-corrected chi connectivity index (χ4v) is 3.12. The minimum Gasteiger partial charge on any atom is -0.457 e. The summed E-state index contributed by atoms with van der Waals surface area (Å²) in [6.45, 7) is 2.28. The van der Waals surface area contributed by atoms with E-state index in [1.807, 2.05) is 73.8 Å². The van der Waals surface area contributed by atoms with Gasteiger partial charge in [-0.25, -0.2) is 4.79 Å². The first kappa shape index (κ1) is 15.3. The lowest BCUT2D eigenvalue weighted by molar-refractivity contribution is 0.0473. The van der Waals surface area contributed by atoms with E-state index in [1.165, 1.54) is 0 Å². The predicted octanol–water partition coefficient (Wildman–Crippen LogP) is 5.05. The van der Waals surface area contributed by atoms with E-state index in [2.05, 4.69) is 11.1 Å². The van der Waals surface area contributed by atoms with Gasteiger partial charge in [0.05, 0.1) is 5.56 Å². The van der Waals surface area contributed by atoms with E-state index in [4.69, 9.17) is 4.74 Å². The van der Waals surface area contributed by atoms with Crippen molar-refractivity contribution in [2.45, 2.75) is 13.5 Å². The lowest BCUT2D eigenvalue weighted by atomic mass is 10.00. The van der Waals surface area contributed by atoms with Crippen LogP contribution in [0.25, 0.3) is 21.5 Å². The number of hydrogen-bond donors (Lipinski definition) is 0. The van der Waals surface area contributed by atoms with Crippen molar-refractivity contribution in [3.8, 4) is 0 Å². The van der Waals surface area contributed by atoms with Gasteiger partial charge in [-0.2, -0.15) is 0 Å². The quantitative estimate of drug-likeness (QED) is 0.390. The second-order valence-electron chi connectivity index (χ2n) is 6.06. The number of benzene rings is 3. The molecule has 25 heavy (non-hydrogen) atoms. The second-order valence-corrected chi connectivity index (χ2v) is 6.06. The second kappa shape index (κ2) is 6.36. The molecule has 4 rings (SSSR count). The molecule has 0 fully saturated rings. The Morgan fingerprint density at radius 1 is 0.960 bits per heavy atom. The lowest BCUT2D eigenvalue weighted by Crippen LogP contribution is -2.05. The van der Waals surface area contributed by atoms with Crippen molar-refractivity contribution in [3.05, 3.63) is 89.7 Å². The molecule has 0 saturated carbocycles. The first-order valence-electron chi connectivity index (χ1n) is 8.21. The maximum absolute atomic E-state index is 12.4. The molecule has 0 N–H and O–H groups in total. The summed E-state index contributed by atoms with van der Waals surface area (Å²) in [6.07, 6.45) is 1.82. The molecule has 0 radical (unpaired) electrons. The van der Waals surface area contributed by atoms with Crippen LogP contribution in [0.4, 0.5) is 0 Å². The van der Waals surface area contributed by atoms with E-state index in [1.54, 1.807) is 0 Å². The van der Waals surface area contributed by atoms with Crippen molar-refractivity contribution in [2.24, 2.45) is 0 Å². The molecule has 0 atom stereocenters. The number of ether oxygens (including phenoxy) is 1. The van der Waals surface area contributed by atoms with Gasteiger partial charge >= 0.3 is 5.97 Å². The molecule has 0 bridgehead atoms. The highest BCUT2D eigenvalue weighted by Gasteiger charge is 2.10. The van der Waals surface area contributed by atoms with Crippen LogP contribution in [-0.2, 0) is 11.3 Å². The highest BCUT2D eigenvalue weighted by atomic mass is 16.5. The van der Waals surface area contributed by atoms with E-state index >= 15 is 0 Å². The van der Waals surface area contributed by atoms with Gasteiger partial charge in [-0.05, 0) is 46.8 Å². The van der Waals surface area contributed by atoms with Crippen molar-refractivity contribution in [2.75, 3.05) is 0 Å². The molecular formula is C22H17NO2. The molecule has 1 heterocycles. The molecule has 0 unspecified atom stereocenters. The van der Waals surface area contributed by atoms with Crippen LogP contribution in [-0.4, -0.2) is 11.0 Å². The average molecular weight is 327 g/mol. The van der Waals surface area contributed by atoms with Crippen LogP contribution in [0.15, 0.2) is 72.9 Å². The van der Waals surface area contributed by atoms with Crippen LogP contribution >= 0.6 is 0 Å². The molecular weight excluding hydrogens is 310 g/mol. The number of carbonyl (C=O) groups excluding carboxylic acids is 1. The van der Waals surface area contributed by atoms with Crippen molar-refractivity contribution >= 4 is 27.5 Å². The normalized spacial score (nSPS) is 10.9. The Hall–Kier alpha value is -3.20. The maximum atomic E-state index is 12.4. The lowest BCUT2D eigenvalue weighted by Gasteiger charge is -2.09. The zero-order valence-corrected chi connectivity index (χ0v) is 13.9. The van der Waals surface area contributed by atoms with E-state index in [9.17, 15) is 4.79 Å². The molecule has 0 aliphatic rings. The number of fused-ring (bicyclic) bond motifs is 3. The van der Waals surface area contributed by atoms with Gasteiger partial charge in [-0.1, -0.05) is 48.5 Å². The van der Waals surface area contributed by atoms with E-state index in [0.717, 1.165) is 32.8 Å². The summed E-state index contributed by atoms with van der Waals surface area (Å²) in [7, 11) is 0. The molecule has 4 aromatic rings. The molecule has 122 valence electrons. The molecule has 3 aromatic carbocycles. The standard InChI is InChI=1S/C22H17NO2/c1-15-21-17(11-12-23-15)7-8-18-13-19(9-10-20(18)21)22(24)25-14-16-5-3-2-4-6-16/h2-13H,14H2,1H3. The summed E-state index contributed by atoms with van der Waals surface area (Å²) in [5.41, 5.74) is 2.52. The molecule has 3 nitrogen and oxygen atoms in total. The van der Waals surface area contributed by atoms with Crippen molar-refractivity contribution in [1.82, 2.24) is 4.98 Å².